The van der Waals surface area contributed by atoms with Crippen molar-refractivity contribution in [3.05, 3.63) is 54.4 Å². The molecule has 0 amide bonds. The van der Waals surface area contributed by atoms with Crippen LogP contribution in [0.1, 0.15) is 10.6 Å². The summed E-state index contributed by atoms with van der Waals surface area (Å²) < 4.78 is 10.8. The number of hydrogen-bond acceptors (Lipinski definition) is 4. The first-order valence-electron chi connectivity index (χ1n) is 5.43. The first kappa shape index (κ1) is 10.5. The highest BCUT2D eigenvalue weighted by atomic mass is 16.6. The van der Waals surface area contributed by atoms with Gasteiger partial charge in [0.05, 0.1) is 5.52 Å². The van der Waals surface area contributed by atoms with Crippen molar-refractivity contribution in [2.45, 2.75) is 0 Å². The Morgan fingerprint density at radius 1 is 1.11 bits per heavy atom. The largest absolute Gasteiger partial charge is 0.425 e. The molecule has 0 aliphatic heterocycles. The summed E-state index contributed by atoms with van der Waals surface area (Å²) in [4.78, 5) is 14.8. The molecule has 2 aromatic heterocycles. The number of pyridine rings is 1. The molecule has 88 valence electrons. The molecule has 3 aromatic rings. The van der Waals surface area contributed by atoms with E-state index >= 15 is 0 Å². The molecule has 0 radical (unpaired) electrons. The van der Waals surface area contributed by atoms with E-state index in [1.807, 2.05) is 30.3 Å². The normalized spacial score (nSPS) is 10.4. The first-order valence-corrected chi connectivity index (χ1v) is 5.43. The smallest absolute Gasteiger partial charge is 0.290 e. The number of carbonyl (C=O) groups is 1. The van der Waals surface area contributed by atoms with Crippen LogP contribution in [0, 0.1) is 0 Å². The van der Waals surface area contributed by atoms with E-state index in [1.165, 1.54) is 0 Å². The molecule has 0 spiro atoms. The molecule has 0 atom stereocenters. The Morgan fingerprint density at radius 2 is 2.06 bits per heavy atom. The van der Waals surface area contributed by atoms with Crippen molar-refractivity contribution in [1.82, 2.24) is 4.98 Å². The Bertz CT molecular complexity index is 698. The number of carbonyl (C=O) groups excluding carboxylic acids is 1. The van der Waals surface area contributed by atoms with E-state index in [4.69, 9.17) is 9.15 Å². The minimum absolute atomic E-state index is 0.239. The second-order valence-corrected chi connectivity index (χ2v) is 3.70. The van der Waals surface area contributed by atoms with Gasteiger partial charge in [-0.1, -0.05) is 6.07 Å². The molecule has 4 nitrogen and oxygen atoms in total. The first-order chi connectivity index (χ1) is 8.86. The van der Waals surface area contributed by atoms with Gasteiger partial charge in [0.1, 0.15) is 5.75 Å². The van der Waals surface area contributed by atoms with Crippen LogP contribution in [0.3, 0.4) is 0 Å². The molecule has 2 heterocycles. The Kier molecular flexibility index (Phi) is 2.53. The Balaban J connectivity index is 2.01. The lowest BCUT2D eigenvalue weighted by molar-refractivity contribution is 0.109. The fourth-order valence-corrected chi connectivity index (χ4v) is 1.73. The van der Waals surface area contributed by atoms with Crippen LogP contribution >= 0.6 is 0 Å². The van der Waals surface area contributed by atoms with E-state index in [9.17, 15) is 4.79 Å². The van der Waals surface area contributed by atoms with Gasteiger partial charge in [-0.25, -0.2) is 0 Å². The molecule has 4 heteroatoms. The van der Waals surface area contributed by atoms with Crippen molar-refractivity contribution >= 4 is 17.2 Å². The Hall–Kier alpha value is -2.62. The van der Waals surface area contributed by atoms with Crippen LogP contribution in [-0.4, -0.2) is 11.3 Å². The summed E-state index contributed by atoms with van der Waals surface area (Å²) in [5, 5.41) is 0.893. The topological polar surface area (TPSA) is 52.3 Å². The standard InChI is InChI=1S/C14H9NO3/c16-9-10-6-7-14(17-10)18-13-5-1-4-12-11(13)3-2-8-15-12/h1-9H. The lowest BCUT2D eigenvalue weighted by atomic mass is 10.2. The summed E-state index contributed by atoms with van der Waals surface area (Å²) in [5.74, 6) is 1.17. The van der Waals surface area contributed by atoms with E-state index in [2.05, 4.69) is 4.98 Å². The van der Waals surface area contributed by atoms with E-state index in [1.54, 1.807) is 18.3 Å². The van der Waals surface area contributed by atoms with Crippen LogP contribution in [0.4, 0.5) is 0 Å². The van der Waals surface area contributed by atoms with Gasteiger partial charge in [0, 0.05) is 17.6 Å². The Labute approximate surface area is 103 Å². The zero-order valence-corrected chi connectivity index (χ0v) is 9.37. The molecule has 0 saturated heterocycles. The average molecular weight is 239 g/mol. The van der Waals surface area contributed by atoms with Crippen LogP contribution in [-0.2, 0) is 0 Å². The maximum absolute atomic E-state index is 10.5. The monoisotopic (exact) mass is 239 g/mol. The number of rotatable bonds is 3. The van der Waals surface area contributed by atoms with Crippen molar-refractivity contribution in [3.63, 3.8) is 0 Å². The van der Waals surface area contributed by atoms with Gasteiger partial charge in [-0.05, 0) is 30.3 Å². The minimum atomic E-state index is 0.239. The van der Waals surface area contributed by atoms with Crippen LogP contribution in [0.2, 0.25) is 0 Å². The van der Waals surface area contributed by atoms with Gasteiger partial charge >= 0.3 is 0 Å². The number of hydrogen-bond donors (Lipinski definition) is 0. The van der Waals surface area contributed by atoms with Crippen LogP contribution in [0.5, 0.6) is 11.7 Å². The Morgan fingerprint density at radius 3 is 2.89 bits per heavy atom. The maximum Gasteiger partial charge on any atom is 0.290 e. The predicted molar refractivity (Wildman–Crippen MR) is 65.9 cm³/mol. The van der Waals surface area contributed by atoms with Crippen molar-refractivity contribution in [3.8, 4) is 11.7 Å². The molecule has 0 saturated carbocycles. The maximum atomic E-state index is 10.5. The highest BCUT2D eigenvalue weighted by molar-refractivity contribution is 5.85. The molecular formula is C14H9NO3. The molecule has 0 unspecified atom stereocenters. The third kappa shape index (κ3) is 1.84. The number of nitrogens with zero attached hydrogens (tertiary/aromatic N) is 1. The zero-order chi connectivity index (χ0) is 12.4. The summed E-state index contributed by atoms with van der Waals surface area (Å²) in [6, 6.07) is 12.5. The van der Waals surface area contributed by atoms with Crippen LogP contribution in [0.25, 0.3) is 10.9 Å². The highest BCUT2D eigenvalue weighted by Crippen LogP contribution is 2.29. The van der Waals surface area contributed by atoms with Gasteiger partial charge in [-0.15, -0.1) is 0 Å². The lowest BCUT2D eigenvalue weighted by Gasteiger charge is -2.05. The van der Waals surface area contributed by atoms with Crippen LogP contribution in [0.15, 0.2) is 53.1 Å². The SMILES string of the molecule is O=Cc1ccc(Oc2cccc3ncccc23)o1. The van der Waals surface area contributed by atoms with E-state index in [0.717, 1.165) is 10.9 Å². The molecule has 0 bridgehead atoms. The summed E-state index contributed by atoms with van der Waals surface area (Å²) >= 11 is 0. The average Bonchev–Trinajstić information content (AvgIpc) is 2.87. The molecule has 0 fully saturated rings. The second kappa shape index (κ2) is 4.33. The fraction of sp³-hybridized carbons (Fsp3) is 0. The predicted octanol–water partition coefficient (Wildman–Crippen LogP) is 3.43. The summed E-state index contributed by atoms with van der Waals surface area (Å²) in [6.45, 7) is 0. The van der Waals surface area contributed by atoms with Crippen molar-refractivity contribution < 1.29 is 13.9 Å². The zero-order valence-electron chi connectivity index (χ0n) is 9.37. The van der Waals surface area contributed by atoms with Gasteiger partial charge in [0.15, 0.2) is 12.0 Å². The van der Waals surface area contributed by atoms with Gasteiger partial charge in [0.2, 0.25) is 0 Å². The molecule has 0 aliphatic rings. The third-order valence-corrected chi connectivity index (χ3v) is 2.53. The third-order valence-electron chi connectivity index (χ3n) is 2.53. The lowest BCUT2D eigenvalue weighted by Crippen LogP contribution is -1.85. The number of aldehydes is 1. The quantitative estimate of drug-likeness (QED) is 0.657. The van der Waals surface area contributed by atoms with Gasteiger partial charge in [-0.3, -0.25) is 9.78 Å². The molecular weight excluding hydrogens is 230 g/mol. The van der Waals surface area contributed by atoms with Crippen LogP contribution < -0.4 is 4.74 Å². The number of aromatic nitrogens is 1. The molecule has 18 heavy (non-hydrogen) atoms. The number of fused-ring (bicyclic) bond motifs is 1. The minimum Gasteiger partial charge on any atom is -0.425 e. The summed E-state index contributed by atoms with van der Waals surface area (Å²) in [5.41, 5.74) is 0.845. The van der Waals surface area contributed by atoms with Crippen molar-refractivity contribution in [2.75, 3.05) is 0 Å². The van der Waals surface area contributed by atoms with E-state index in [-0.39, 0.29) is 11.7 Å². The summed E-state index contributed by atoms with van der Waals surface area (Å²) in [6.07, 6.45) is 2.36. The van der Waals surface area contributed by atoms with E-state index in [0.29, 0.717) is 12.0 Å². The van der Waals surface area contributed by atoms with E-state index < -0.39 is 0 Å². The van der Waals surface area contributed by atoms with Crippen molar-refractivity contribution in [2.24, 2.45) is 0 Å². The van der Waals surface area contributed by atoms with Crippen molar-refractivity contribution in [1.29, 1.82) is 0 Å². The molecule has 0 aliphatic carbocycles. The fourth-order valence-electron chi connectivity index (χ4n) is 1.73. The second-order valence-electron chi connectivity index (χ2n) is 3.70. The number of ether oxygens (including phenoxy) is 1. The molecule has 1 aromatic carbocycles. The van der Waals surface area contributed by atoms with Gasteiger partial charge < -0.3 is 9.15 Å². The van der Waals surface area contributed by atoms with Gasteiger partial charge in [0.25, 0.3) is 5.95 Å². The number of furan rings is 1. The highest BCUT2D eigenvalue weighted by Gasteiger charge is 2.06. The molecule has 0 N–H and O–H groups in total. The summed E-state index contributed by atoms with van der Waals surface area (Å²) in [7, 11) is 0. The molecule has 3 rings (SSSR count). The van der Waals surface area contributed by atoms with Gasteiger partial charge in [-0.2, -0.15) is 0 Å². The number of benzene rings is 1.